The Bertz CT molecular complexity index is 1170. The summed E-state index contributed by atoms with van der Waals surface area (Å²) in [5.41, 5.74) is 3.80. The molecule has 0 radical (unpaired) electrons. The molecular formula is C23H21N3O4. The number of ether oxygens (including phenoxy) is 3. The van der Waals surface area contributed by atoms with Crippen molar-refractivity contribution in [3.63, 3.8) is 0 Å². The summed E-state index contributed by atoms with van der Waals surface area (Å²) in [6, 6.07) is 18.5. The number of nitrogens with one attached hydrogen (secondary N) is 2. The molecule has 4 aromatic rings. The van der Waals surface area contributed by atoms with Gasteiger partial charge in [0.2, 0.25) is 0 Å². The summed E-state index contributed by atoms with van der Waals surface area (Å²) >= 11 is 0. The highest BCUT2D eigenvalue weighted by Gasteiger charge is 2.18. The molecular weight excluding hydrogens is 382 g/mol. The second-order valence-corrected chi connectivity index (χ2v) is 6.54. The third kappa shape index (κ3) is 3.65. The Labute approximate surface area is 173 Å². The van der Waals surface area contributed by atoms with Crippen LogP contribution in [0.1, 0.15) is 10.4 Å². The molecule has 0 saturated heterocycles. The maximum atomic E-state index is 12.8. The molecule has 0 aliphatic carbocycles. The van der Waals surface area contributed by atoms with Crippen molar-refractivity contribution in [1.29, 1.82) is 0 Å². The Morgan fingerprint density at radius 1 is 0.867 bits per heavy atom. The van der Waals surface area contributed by atoms with Gasteiger partial charge in [-0.1, -0.05) is 12.1 Å². The maximum Gasteiger partial charge on any atom is 0.259 e. The number of methoxy groups -OCH3 is 3. The van der Waals surface area contributed by atoms with Crippen molar-refractivity contribution >= 4 is 22.6 Å². The SMILES string of the molecule is COc1cc(OC)c(C(=O)Nc2ccc(-c3nc4ccccc4[nH]3)cc2)cc1OC. The van der Waals surface area contributed by atoms with E-state index in [-0.39, 0.29) is 5.91 Å². The normalized spacial score (nSPS) is 10.6. The van der Waals surface area contributed by atoms with Gasteiger partial charge in [0.1, 0.15) is 11.6 Å². The van der Waals surface area contributed by atoms with Crippen LogP contribution >= 0.6 is 0 Å². The van der Waals surface area contributed by atoms with Gasteiger partial charge in [0.15, 0.2) is 11.5 Å². The van der Waals surface area contributed by atoms with E-state index in [1.807, 2.05) is 48.5 Å². The van der Waals surface area contributed by atoms with Gasteiger partial charge in [0.25, 0.3) is 5.91 Å². The third-order valence-corrected chi connectivity index (χ3v) is 4.76. The van der Waals surface area contributed by atoms with E-state index >= 15 is 0 Å². The quantitative estimate of drug-likeness (QED) is 0.495. The summed E-state index contributed by atoms with van der Waals surface area (Å²) in [7, 11) is 4.55. The van der Waals surface area contributed by atoms with Crippen molar-refractivity contribution < 1.29 is 19.0 Å². The van der Waals surface area contributed by atoms with Crippen LogP contribution in [-0.4, -0.2) is 37.2 Å². The predicted molar refractivity (Wildman–Crippen MR) is 116 cm³/mol. The molecule has 7 heteroatoms. The van der Waals surface area contributed by atoms with Gasteiger partial charge in [0.05, 0.1) is 37.9 Å². The Kier molecular flexibility index (Phi) is 5.26. The summed E-state index contributed by atoms with van der Waals surface area (Å²) in [4.78, 5) is 20.7. The highest BCUT2D eigenvalue weighted by Crippen LogP contribution is 2.35. The first-order valence-corrected chi connectivity index (χ1v) is 9.29. The zero-order valence-electron chi connectivity index (χ0n) is 16.9. The number of nitrogens with zero attached hydrogens (tertiary/aromatic N) is 1. The molecule has 0 aliphatic heterocycles. The van der Waals surface area contributed by atoms with Crippen LogP contribution < -0.4 is 19.5 Å². The van der Waals surface area contributed by atoms with Crippen LogP contribution in [0.4, 0.5) is 5.69 Å². The molecule has 1 amide bonds. The highest BCUT2D eigenvalue weighted by molar-refractivity contribution is 6.06. The number of carbonyl (C=O) groups is 1. The number of hydrogen-bond donors (Lipinski definition) is 2. The van der Waals surface area contributed by atoms with Crippen molar-refractivity contribution in [2.24, 2.45) is 0 Å². The summed E-state index contributed by atoms with van der Waals surface area (Å²) in [6.07, 6.45) is 0. The molecule has 1 aromatic heterocycles. The number of aromatic amines is 1. The molecule has 1 heterocycles. The smallest absolute Gasteiger partial charge is 0.259 e. The molecule has 2 N–H and O–H groups in total. The van der Waals surface area contributed by atoms with Crippen LogP contribution in [0.15, 0.2) is 60.7 Å². The highest BCUT2D eigenvalue weighted by atomic mass is 16.5. The number of amides is 1. The fraction of sp³-hybridized carbons (Fsp3) is 0.130. The lowest BCUT2D eigenvalue weighted by atomic mass is 10.1. The van der Waals surface area contributed by atoms with Gasteiger partial charge in [0, 0.05) is 23.4 Å². The van der Waals surface area contributed by atoms with Crippen LogP contribution in [0.3, 0.4) is 0 Å². The molecule has 152 valence electrons. The molecule has 0 atom stereocenters. The first-order chi connectivity index (χ1) is 14.6. The zero-order valence-corrected chi connectivity index (χ0v) is 16.9. The summed E-state index contributed by atoms with van der Waals surface area (Å²) in [5.74, 6) is 1.79. The van der Waals surface area contributed by atoms with Crippen molar-refractivity contribution in [3.05, 3.63) is 66.2 Å². The number of benzene rings is 3. The predicted octanol–water partition coefficient (Wildman–Crippen LogP) is 4.51. The molecule has 0 saturated carbocycles. The average molecular weight is 403 g/mol. The molecule has 30 heavy (non-hydrogen) atoms. The van der Waals surface area contributed by atoms with Crippen molar-refractivity contribution in [3.8, 4) is 28.6 Å². The average Bonchev–Trinajstić information content (AvgIpc) is 3.22. The molecule has 3 aromatic carbocycles. The second kappa shape index (κ2) is 8.16. The van der Waals surface area contributed by atoms with Gasteiger partial charge in [-0.3, -0.25) is 4.79 Å². The number of carbonyl (C=O) groups excluding carboxylic acids is 1. The summed E-state index contributed by atoms with van der Waals surface area (Å²) in [5, 5.41) is 2.88. The Hall–Kier alpha value is -4.00. The summed E-state index contributed by atoms with van der Waals surface area (Å²) in [6.45, 7) is 0. The fourth-order valence-electron chi connectivity index (χ4n) is 3.21. The van der Waals surface area contributed by atoms with Gasteiger partial charge < -0.3 is 24.5 Å². The van der Waals surface area contributed by atoms with Crippen LogP contribution in [-0.2, 0) is 0 Å². The lowest BCUT2D eigenvalue weighted by molar-refractivity contribution is 0.102. The van der Waals surface area contributed by atoms with Crippen molar-refractivity contribution in [2.45, 2.75) is 0 Å². The molecule has 0 aliphatic rings. The minimum atomic E-state index is -0.315. The van der Waals surface area contributed by atoms with Crippen LogP contribution in [0.5, 0.6) is 17.2 Å². The van der Waals surface area contributed by atoms with Gasteiger partial charge in [-0.15, -0.1) is 0 Å². The maximum absolute atomic E-state index is 12.8. The van der Waals surface area contributed by atoms with Gasteiger partial charge in [-0.25, -0.2) is 4.98 Å². The van der Waals surface area contributed by atoms with E-state index in [0.29, 0.717) is 28.5 Å². The minimum Gasteiger partial charge on any atom is -0.496 e. The van der Waals surface area contributed by atoms with Crippen molar-refractivity contribution in [2.75, 3.05) is 26.6 Å². The number of H-pyrrole nitrogens is 1. The zero-order chi connectivity index (χ0) is 21.1. The van der Waals surface area contributed by atoms with Gasteiger partial charge in [-0.05, 0) is 36.4 Å². The number of fused-ring (bicyclic) bond motifs is 1. The fourth-order valence-corrected chi connectivity index (χ4v) is 3.21. The van der Waals surface area contributed by atoms with Gasteiger partial charge in [-0.2, -0.15) is 0 Å². The van der Waals surface area contributed by atoms with Crippen LogP contribution in [0, 0.1) is 0 Å². The first kappa shape index (κ1) is 19.3. The first-order valence-electron chi connectivity index (χ1n) is 9.29. The molecule has 0 spiro atoms. The lowest BCUT2D eigenvalue weighted by Gasteiger charge is -2.14. The third-order valence-electron chi connectivity index (χ3n) is 4.76. The molecule has 7 nitrogen and oxygen atoms in total. The van der Waals surface area contributed by atoms with E-state index in [4.69, 9.17) is 14.2 Å². The van der Waals surface area contributed by atoms with E-state index in [2.05, 4.69) is 15.3 Å². The number of aromatic nitrogens is 2. The number of hydrogen-bond acceptors (Lipinski definition) is 5. The number of anilines is 1. The van der Waals surface area contributed by atoms with E-state index in [1.54, 1.807) is 12.1 Å². The van der Waals surface area contributed by atoms with Crippen LogP contribution in [0.25, 0.3) is 22.4 Å². The topological polar surface area (TPSA) is 85.5 Å². The van der Waals surface area contributed by atoms with E-state index in [9.17, 15) is 4.79 Å². The van der Waals surface area contributed by atoms with E-state index < -0.39 is 0 Å². The van der Waals surface area contributed by atoms with E-state index in [0.717, 1.165) is 22.4 Å². The number of imidazole rings is 1. The lowest BCUT2D eigenvalue weighted by Crippen LogP contribution is -2.13. The summed E-state index contributed by atoms with van der Waals surface area (Å²) < 4.78 is 15.9. The van der Waals surface area contributed by atoms with Crippen molar-refractivity contribution in [1.82, 2.24) is 9.97 Å². The molecule has 0 unspecified atom stereocenters. The minimum absolute atomic E-state index is 0.315. The molecule has 4 rings (SSSR count). The Morgan fingerprint density at radius 3 is 2.20 bits per heavy atom. The standard InChI is InChI=1S/C23H21N3O4/c1-28-19-13-21(30-3)20(29-2)12-16(19)23(27)24-15-10-8-14(9-11-15)22-25-17-6-4-5-7-18(17)26-22/h4-13H,1-3H3,(H,24,27)(H,25,26). The van der Waals surface area contributed by atoms with Crippen LogP contribution in [0.2, 0.25) is 0 Å². The van der Waals surface area contributed by atoms with Gasteiger partial charge >= 0.3 is 0 Å². The number of para-hydroxylation sites is 2. The molecule has 0 bridgehead atoms. The van der Waals surface area contributed by atoms with E-state index in [1.165, 1.54) is 21.3 Å². The Balaban J connectivity index is 1.56. The number of rotatable bonds is 6. The largest absolute Gasteiger partial charge is 0.496 e. The molecule has 0 fully saturated rings. The second-order valence-electron chi connectivity index (χ2n) is 6.54. The monoisotopic (exact) mass is 403 g/mol. The Morgan fingerprint density at radius 2 is 1.53 bits per heavy atom.